The third-order valence-electron chi connectivity index (χ3n) is 3.01. The Balaban J connectivity index is 2.65. The first-order valence-corrected chi connectivity index (χ1v) is 7.75. The zero-order valence-corrected chi connectivity index (χ0v) is 14.7. The fraction of sp³-hybridized carbons (Fsp3) is 0.294. The van der Waals surface area contributed by atoms with Crippen molar-refractivity contribution in [2.45, 2.75) is 33.2 Å². The monoisotopic (exact) mass is 362 g/mol. The zero-order valence-electron chi connectivity index (χ0n) is 13.1. The average Bonchev–Trinajstić information content (AvgIpc) is 2.37. The molecule has 0 bridgehead atoms. The molecule has 4 nitrogen and oxygen atoms in total. The van der Waals surface area contributed by atoms with E-state index in [1.807, 2.05) is 45.0 Å². The van der Waals surface area contributed by atoms with Gasteiger partial charge in [-0.25, -0.2) is 9.78 Å². The first-order valence-electron chi connectivity index (χ1n) is 6.96. The molecule has 1 aromatic heterocycles. The standard InChI is InChI=1S/C17H19BrN2O2/c1-10(16(21)22)7-12-8-11-9-13(18)5-6-14(11)19-15(12)20-17(2,3)4/h5-9H,1-4H3,(H,19,20)(H,21,22). The van der Waals surface area contributed by atoms with E-state index in [1.165, 1.54) is 0 Å². The molecule has 116 valence electrons. The molecule has 0 fully saturated rings. The lowest BCUT2D eigenvalue weighted by Crippen LogP contribution is -2.27. The molecular formula is C17H19BrN2O2. The van der Waals surface area contributed by atoms with Crippen LogP contribution in [-0.2, 0) is 4.79 Å². The number of carboxylic acids is 1. The Bertz CT molecular complexity index is 761. The van der Waals surface area contributed by atoms with E-state index >= 15 is 0 Å². The quantitative estimate of drug-likeness (QED) is 0.777. The van der Waals surface area contributed by atoms with Crippen molar-refractivity contribution in [3.05, 3.63) is 39.9 Å². The fourth-order valence-corrected chi connectivity index (χ4v) is 2.40. The number of aliphatic carboxylic acids is 1. The second kappa shape index (κ2) is 6.08. The van der Waals surface area contributed by atoms with Gasteiger partial charge in [0.25, 0.3) is 0 Å². The van der Waals surface area contributed by atoms with Gasteiger partial charge in [-0.3, -0.25) is 0 Å². The van der Waals surface area contributed by atoms with Crippen LogP contribution in [0.4, 0.5) is 5.82 Å². The number of nitrogens with zero attached hydrogens (tertiary/aromatic N) is 1. The number of carbonyl (C=O) groups is 1. The third kappa shape index (κ3) is 4.07. The number of pyridine rings is 1. The van der Waals surface area contributed by atoms with Crippen molar-refractivity contribution in [2.24, 2.45) is 0 Å². The van der Waals surface area contributed by atoms with Gasteiger partial charge < -0.3 is 10.4 Å². The highest BCUT2D eigenvalue weighted by Gasteiger charge is 2.14. The van der Waals surface area contributed by atoms with Gasteiger partial charge in [0.1, 0.15) is 5.82 Å². The minimum absolute atomic E-state index is 0.171. The van der Waals surface area contributed by atoms with Crippen molar-refractivity contribution in [3.8, 4) is 0 Å². The summed E-state index contributed by atoms with van der Waals surface area (Å²) >= 11 is 3.45. The smallest absolute Gasteiger partial charge is 0.331 e. The number of rotatable bonds is 3. The Morgan fingerprint density at radius 3 is 2.59 bits per heavy atom. The van der Waals surface area contributed by atoms with Gasteiger partial charge in [-0.1, -0.05) is 15.9 Å². The van der Waals surface area contributed by atoms with Crippen molar-refractivity contribution in [1.29, 1.82) is 0 Å². The van der Waals surface area contributed by atoms with Gasteiger partial charge in [-0.05, 0) is 58.0 Å². The van der Waals surface area contributed by atoms with Gasteiger partial charge in [-0.15, -0.1) is 0 Å². The van der Waals surface area contributed by atoms with E-state index in [9.17, 15) is 4.79 Å². The summed E-state index contributed by atoms with van der Waals surface area (Å²) in [5, 5.41) is 13.4. The summed E-state index contributed by atoms with van der Waals surface area (Å²) in [4.78, 5) is 15.7. The molecule has 5 heteroatoms. The molecule has 0 aliphatic heterocycles. The number of hydrogen-bond acceptors (Lipinski definition) is 3. The van der Waals surface area contributed by atoms with Gasteiger partial charge in [-0.2, -0.15) is 0 Å². The third-order valence-corrected chi connectivity index (χ3v) is 3.50. The molecule has 22 heavy (non-hydrogen) atoms. The highest BCUT2D eigenvalue weighted by atomic mass is 79.9. The molecule has 0 spiro atoms. The van der Waals surface area contributed by atoms with Crippen LogP contribution in [-0.4, -0.2) is 21.6 Å². The lowest BCUT2D eigenvalue weighted by Gasteiger charge is -2.23. The molecule has 0 atom stereocenters. The highest BCUT2D eigenvalue weighted by molar-refractivity contribution is 9.10. The van der Waals surface area contributed by atoms with Crippen molar-refractivity contribution in [2.75, 3.05) is 5.32 Å². The number of benzene rings is 1. The number of halogens is 1. The maximum Gasteiger partial charge on any atom is 0.331 e. The predicted octanol–water partition coefficient (Wildman–Crippen LogP) is 4.70. The molecule has 0 saturated carbocycles. The molecule has 2 N–H and O–H groups in total. The first-order chi connectivity index (χ1) is 10.2. The maximum absolute atomic E-state index is 11.1. The minimum atomic E-state index is -0.934. The van der Waals surface area contributed by atoms with Gasteiger partial charge in [0.15, 0.2) is 0 Å². The van der Waals surface area contributed by atoms with Crippen LogP contribution in [0.2, 0.25) is 0 Å². The van der Waals surface area contributed by atoms with E-state index in [0.717, 1.165) is 20.9 Å². The Morgan fingerprint density at radius 2 is 2.00 bits per heavy atom. The molecule has 2 rings (SSSR count). The zero-order chi connectivity index (χ0) is 16.5. The number of fused-ring (bicyclic) bond motifs is 1. The van der Waals surface area contributed by atoms with E-state index in [4.69, 9.17) is 5.11 Å². The van der Waals surface area contributed by atoms with E-state index in [-0.39, 0.29) is 11.1 Å². The van der Waals surface area contributed by atoms with E-state index in [2.05, 4.69) is 26.2 Å². The summed E-state index contributed by atoms with van der Waals surface area (Å²) in [5.74, 6) is -0.251. The number of aromatic nitrogens is 1. The van der Waals surface area contributed by atoms with Gasteiger partial charge in [0.2, 0.25) is 0 Å². The van der Waals surface area contributed by atoms with E-state index < -0.39 is 5.97 Å². The van der Waals surface area contributed by atoms with Crippen LogP contribution >= 0.6 is 15.9 Å². The average molecular weight is 363 g/mol. The van der Waals surface area contributed by atoms with E-state index in [1.54, 1.807) is 13.0 Å². The van der Waals surface area contributed by atoms with Crippen LogP contribution in [0.3, 0.4) is 0 Å². The molecular weight excluding hydrogens is 344 g/mol. The van der Waals surface area contributed by atoms with Crippen LogP contribution in [0.25, 0.3) is 17.0 Å². The van der Waals surface area contributed by atoms with Gasteiger partial charge in [0.05, 0.1) is 5.52 Å². The fourth-order valence-electron chi connectivity index (χ4n) is 2.02. The Hall–Kier alpha value is -1.88. The van der Waals surface area contributed by atoms with Crippen molar-refractivity contribution < 1.29 is 9.90 Å². The SMILES string of the molecule is CC(=Cc1cc2cc(Br)ccc2nc1NC(C)(C)C)C(=O)O. The number of carboxylic acid groups (broad SMARTS) is 1. The van der Waals surface area contributed by atoms with Crippen LogP contribution in [0.1, 0.15) is 33.3 Å². The van der Waals surface area contributed by atoms with Gasteiger partial charge >= 0.3 is 5.97 Å². The minimum Gasteiger partial charge on any atom is -0.478 e. The Morgan fingerprint density at radius 1 is 1.32 bits per heavy atom. The summed E-state index contributed by atoms with van der Waals surface area (Å²) in [6.45, 7) is 7.70. The molecule has 2 aromatic rings. The molecule has 1 aromatic carbocycles. The normalized spacial score (nSPS) is 12.5. The predicted molar refractivity (Wildman–Crippen MR) is 94.1 cm³/mol. The van der Waals surface area contributed by atoms with Crippen LogP contribution in [0, 0.1) is 0 Å². The number of nitrogens with one attached hydrogen (secondary N) is 1. The second-order valence-corrected chi connectivity index (χ2v) is 7.19. The summed E-state index contributed by atoms with van der Waals surface area (Å²) in [6.07, 6.45) is 1.64. The first kappa shape index (κ1) is 16.5. The summed E-state index contributed by atoms with van der Waals surface area (Å²) < 4.78 is 0.961. The second-order valence-electron chi connectivity index (χ2n) is 6.27. The molecule has 0 aliphatic rings. The summed E-state index contributed by atoms with van der Waals surface area (Å²) in [7, 11) is 0. The molecule has 0 saturated heterocycles. The van der Waals surface area contributed by atoms with Crippen LogP contribution < -0.4 is 5.32 Å². The highest BCUT2D eigenvalue weighted by Crippen LogP contribution is 2.27. The van der Waals surface area contributed by atoms with Crippen molar-refractivity contribution in [1.82, 2.24) is 4.98 Å². The van der Waals surface area contributed by atoms with E-state index in [0.29, 0.717) is 5.82 Å². The van der Waals surface area contributed by atoms with Crippen LogP contribution in [0.15, 0.2) is 34.3 Å². The molecule has 0 unspecified atom stereocenters. The number of hydrogen-bond donors (Lipinski definition) is 2. The lowest BCUT2D eigenvalue weighted by atomic mass is 10.1. The Kier molecular flexibility index (Phi) is 4.56. The maximum atomic E-state index is 11.1. The summed E-state index contributed by atoms with van der Waals surface area (Å²) in [6, 6.07) is 7.79. The number of anilines is 1. The summed E-state index contributed by atoms with van der Waals surface area (Å²) in [5.41, 5.74) is 1.73. The van der Waals surface area contributed by atoms with Crippen molar-refractivity contribution in [3.63, 3.8) is 0 Å². The van der Waals surface area contributed by atoms with Gasteiger partial charge in [0, 0.05) is 26.5 Å². The molecule has 0 aliphatic carbocycles. The largest absolute Gasteiger partial charge is 0.478 e. The molecule has 0 radical (unpaired) electrons. The Labute approximate surface area is 138 Å². The molecule has 1 heterocycles. The van der Waals surface area contributed by atoms with Crippen molar-refractivity contribution >= 4 is 44.7 Å². The molecule has 0 amide bonds. The lowest BCUT2D eigenvalue weighted by molar-refractivity contribution is -0.132. The topological polar surface area (TPSA) is 62.2 Å². The van der Waals surface area contributed by atoms with Crippen LogP contribution in [0.5, 0.6) is 0 Å².